The Morgan fingerprint density at radius 2 is 1.92 bits per heavy atom. The maximum Gasteiger partial charge on any atom is 0.337 e. The lowest BCUT2D eigenvalue weighted by atomic mass is 10.1. The van der Waals surface area contributed by atoms with Crippen molar-refractivity contribution in [2.24, 2.45) is 0 Å². The minimum Gasteiger partial charge on any atom is -0.465 e. The van der Waals surface area contributed by atoms with Crippen molar-refractivity contribution in [3.8, 4) is 5.69 Å². The molecular weight excluding hydrogens is 329 g/mol. The molecule has 0 aliphatic carbocycles. The Morgan fingerprint density at radius 3 is 2.56 bits per heavy atom. The number of tetrazole rings is 1. The van der Waals surface area contributed by atoms with Gasteiger partial charge in [-0.05, 0) is 52.9 Å². The molecule has 1 N–H and O–H groups in total. The van der Waals surface area contributed by atoms with Crippen LogP contribution in [0.4, 0.5) is 10.1 Å². The zero-order valence-corrected chi connectivity index (χ0v) is 13.0. The van der Waals surface area contributed by atoms with Crippen LogP contribution in [0, 0.1) is 5.82 Å². The van der Waals surface area contributed by atoms with E-state index in [0.29, 0.717) is 16.9 Å². The molecule has 1 heterocycles. The summed E-state index contributed by atoms with van der Waals surface area (Å²) in [6.45, 7) is 0. The highest BCUT2D eigenvalue weighted by molar-refractivity contribution is 6.07. The fourth-order valence-electron chi connectivity index (χ4n) is 2.17. The minimum atomic E-state index is -0.567. The lowest BCUT2D eigenvalue weighted by Gasteiger charge is -2.10. The average Bonchev–Trinajstić information content (AvgIpc) is 3.16. The van der Waals surface area contributed by atoms with Crippen molar-refractivity contribution >= 4 is 17.6 Å². The van der Waals surface area contributed by atoms with Gasteiger partial charge in [0.15, 0.2) is 0 Å². The van der Waals surface area contributed by atoms with Crippen LogP contribution in [0.2, 0.25) is 0 Å². The number of esters is 1. The molecule has 0 saturated carbocycles. The van der Waals surface area contributed by atoms with Gasteiger partial charge in [0.25, 0.3) is 5.91 Å². The van der Waals surface area contributed by atoms with Crippen LogP contribution in [0.3, 0.4) is 0 Å². The average molecular weight is 341 g/mol. The monoisotopic (exact) mass is 341 g/mol. The van der Waals surface area contributed by atoms with E-state index in [-0.39, 0.29) is 5.56 Å². The summed E-state index contributed by atoms with van der Waals surface area (Å²) in [5.41, 5.74) is 1.17. The number of nitrogens with one attached hydrogen (secondary N) is 1. The number of methoxy groups -OCH3 is 1. The quantitative estimate of drug-likeness (QED) is 0.727. The highest BCUT2D eigenvalue weighted by Gasteiger charge is 2.15. The van der Waals surface area contributed by atoms with Crippen molar-refractivity contribution in [3.63, 3.8) is 0 Å². The Bertz CT molecular complexity index is 910. The van der Waals surface area contributed by atoms with Crippen LogP contribution in [0.15, 0.2) is 48.8 Å². The standard InChI is InChI=1S/C16H12FN5O3/c1-25-16(24)10-2-5-12(6-3-10)19-15(23)13-8-11(17)4-7-14(13)22-9-18-20-21-22/h2-9H,1H3,(H,19,23). The van der Waals surface area contributed by atoms with Gasteiger partial charge in [0.05, 0.1) is 23.9 Å². The Morgan fingerprint density at radius 1 is 1.16 bits per heavy atom. The van der Waals surface area contributed by atoms with Crippen LogP contribution in [-0.2, 0) is 4.74 Å². The maximum atomic E-state index is 13.6. The predicted octanol–water partition coefficient (Wildman–Crippen LogP) is 1.84. The van der Waals surface area contributed by atoms with Gasteiger partial charge in [-0.25, -0.2) is 9.18 Å². The minimum absolute atomic E-state index is 0.0596. The molecule has 8 nitrogen and oxygen atoms in total. The van der Waals surface area contributed by atoms with Crippen LogP contribution in [0.25, 0.3) is 5.69 Å². The first-order valence-corrected chi connectivity index (χ1v) is 7.11. The normalized spacial score (nSPS) is 10.3. The summed E-state index contributed by atoms with van der Waals surface area (Å²) in [6, 6.07) is 9.81. The van der Waals surface area contributed by atoms with Gasteiger partial charge in [-0.3, -0.25) is 4.79 Å². The number of nitrogens with zero attached hydrogens (tertiary/aromatic N) is 4. The number of anilines is 1. The van der Waals surface area contributed by atoms with Crippen molar-refractivity contribution < 1.29 is 18.7 Å². The first kappa shape index (κ1) is 16.2. The van der Waals surface area contributed by atoms with Crippen LogP contribution in [0.1, 0.15) is 20.7 Å². The molecule has 9 heteroatoms. The summed E-state index contributed by atoms with van der Waals surface area (Å²) in [5, 5.41) is 13.3. The SMILES string of the molecule is COC(=O)c1ccc(NC(=O)c2cc(F)ccc2-n2cnnn2)cc1. The highest BCUT2D eigenvalue weighted by Crippen LogP contribution is 2.18. The van der Waals surface area contributed by atoms with Crippen LogP contribution in [0.5, 0.6) is 0 Å². The van der Waals surface area contributed by atoms with Crippen molar-refractivity contribution in [1.82, 2.24) is 20.2 Å². The third kappa shape index (κ3) is 3.50. The van der Waals surface area contributed by atoms with Crippen LogP contribution < -0.4 is 5.32 Å². The molecule has 0 fully saturated rings. The molecule has 0 saturated heterocycles. The number of hydrogen-bond acceptors (Lipinski definition) is 6. The second-order valence-electron chi connectivity index (χ2n) is 4.94. The van der Waals surface area contributed by atoms with E-state index < -0.39 is 17.7 Å². The number of hydrogen-bond donors (Lipinski definition) is 1. The zero-order chi connectivity index (χ0) is 17.8. The van der Waals surface area contributed by atoms with E-state index in [1.807, 2.05) is 0 Å². The maximum absolute atomic E-state index is 13.6. The molecule has 1 aromatic heterocycles. The van der Waals surface area contributed by atoms with Crippen molar-refractivity contribution in [2.45, 2.75) is 0 Å². The molecule has 0 aliphatic heterocycles. The first-order valence-electron chi connectivity index (χ1n) is 7.11. The lowest BCUT2D eigenvalue weighted by molar-refractivity contribution is 0.0600. The zero-order valence-electron chi connectivity index (χ0n) is 13.0. The van der Waals surface area contributed by atoms with Gasteiger partial charge < -0.3 is 10.1 Å². The number of carbonyl (C=O) groups is 2. The highest BCUT2D eigenvalue weighted by atomic mass is 19.1. The number of benzene rings is 2. The molecule has 1 amide bonds. The third-order valence-corrected chi connectivity index (χ3v) is 3.36. The van der Waals surface area contributed by atoms with Gasteiger partial charge in [-0.2, -0.15) is 4.68 Å². The second kappa shape index (κ2) is 6.87. The van der Waals surface area contributed by atoms with Gasteiger partial charge in [-0.15, -0.1) is 5.10 Å². The summed E-state index contributed by atoms with van der Waals surface area (Å²) in [7, 11) is 1.28. The van der Waals surface area contributed by atoms with E-state index in [4.69, 9.17) is 0 Å². The fourth-order valence-corrected chi connectivity index (χ4v) is 2.17. The van der Waals surface area contributed by atoms with E-state index in [1.165, 1.54) is 42.4 Å². The van der Waals surface area contributed by atoms with E-state index in [1.54, 1.807) is 12.1 Å². The molecule has 0 spiro atoms. The predicted molar refractivity (Wildman–Crippen MR) is 84.8 cm³/mol. The van der Waals surface area contributed by atoms with Crippen molar-refractivity contribution in [1.29, 1.82) is 0 Å². The molecule has 126 valence electrons. The molecule has 25 heavy (non-hydrogen) atoms. The molecule has 2 aromatic carbocycles. The topological polar surface area (TPSA) is 99.0 Å². The van der Waals surface area contributed by atoms with Crippen LogP contribution in [-0.4, -0.2) is 39.2 Å². The molecular formula is C16H12FN5O3. The summed E-state index contributed by atoms with van der Waals surface area (Å²) in [5.74, 6) is -1.59. The number of carbonyl (C=O) groups excluding carboxylic acids is 2. The molecule has 3 rings (SSSR count). The second-order valence-corrected chi connectivity index (χ2v) is 4.94. The smallest absolute Gasteiger partial charge is 0.337 e. The van der Waals surface area contributed by atoms with Crippen molar-refractivity contribution in [3.05, 3.63) is 65.7 Å². The molecule has 0 atom stereocenters. The first-order chi connectivity index (χ1) is 12.1. The van der Waals surface area contributed by atoms with E-state index in [0.717, 1.165) is 6.07 Å². The molecule has 0 unspecified atom stereocenters. The Labute approximate surface area is 141 Å². The summed E-state index contributed by atoms with van der Waals surface area (Å²) in [4.78, 5) is 23.9. The number of ether oxygens (including phenoxy) is 1. The van der Waals surface area contributed by atoms with Crippen LogP contribution >= 0.6 is 0 Å². The van der Waals surface area contributed by atoms with Crippen molar-refractivity contribution in [2.75, 3.05) is 12.4 Å². The molecule has 0 aliphatic rings. The lowest BCUT2D eigenvalue weighted by Crippen LogP contribution is -2.16. The summed E-state index contributed by atoms with van der Waals surface area (Å²) >= 11 is 0. The number of rotatable bonds is 4. The van der Waals surface area contributed by atoms with Gasteiger partial charge in [0.1, 0.15) is 12.1 Å². The summed E-state index contributed by atoms with van der Waals surface area (Å²) in [6.07, 6.45) is 1.30. The molecule has 3 aromatic rings. The van der Waals surface area contributed by atoms with E-state index in [9.17, 15) is 14.0 Å². The number of aromatic nitrogens is 4. The third-order valence-electron chi connectivity index (χ3n) is 3.36. The van der Waals surface area contributed by atoms with E-state index in [2.05, 4.69) is 25.6 Å². The van der Waals surface area contributed by atoms with Gasteiger partial charge in [0, 0.05) is 5.69 Å². The van der Waals surface area contributed by atoms with Gasteiger partial charge >= 0.3 is 5.97 Å². The molecule has 0 radical (unpaired) electrons. The molecule has 0 bridgehead atoms. The Hall–Kier alpha value is -3.62. The largest absolute Gasteiger partial charge is 0.465 e. The summed E-state index contributed by atoms with van der Waals surface area (Å²) < 4.78 is 19.4. The fraction of sp³-hybridized carbons (Fsp3) is 0.0625. The Balaban J connectivity index is 1.86. The van der Waals surface area contributed by atoms with E-state index >= 15 is 0 Å². The van der Waals surface area contributed by atoms with Gasteiger partial charge in [0.2, 0.25) is 0 Å². The Kier molecular flexibility index (Phi) is 4.46. The van der Waals surface area contributed by atoms with Gasteiger partial charge in [-0.1, -0.05) is 0 Å². The number of halogens is 1. The number of amides is 1.